The number of nitrogens with one attached hydrogen (secondary N) is 1. The van der Waals surface area contributed by atoms with Crippen LogP contribution >= 0.6 is 11.8 Å². The molecule has 2 aliphatic rings. The van der Waals surface area contributed by atoms with Crippen LogP contribution in [-0.2, 0) is 14.6 Å². The highest BCUT2D eigenvalue weighted by Crippen LogP contribution is 2.30. The number of hydrogen-bond acceptors (Lipinski definition) is 8. The summed E-state index contributed by atoms with van der Waals surface area (Å²) < 4.78 is 42.1. The molecule has 0 radical (unpaired) electrons. The Bertz CT molecular complexity index is 1360. The number of hydrazone groups is 1. The number of carbonyl (C=O) groups is 2. The average molecular weight is 487 g/mol. The van der Waals surface area contributed by atoms with Gasteiger partial charge in [-0.1, -0.05) is 19.1 Å². The Balaban J connectivity index is 1.52. The van der Waals surface area contributed by atoms with Crippen LogP contribution in [0.5, 0.6) is 5.75 Å². The van der Waals surface area contributed by atoms with Gasteiger partial charge in [0.25, 0.3) is 5.91 Å². The van der Waals surface area contributed by atoms with E-state index in [-0.39, 0.29) is 38.0 Å². The third-order valence-electron chi connectivity index (χ3n) is 4.56. The van der Waals surface area contributed by atoms with Gasteiger partial charge in [-0.3, -0.25) is 10.2 Å². The van der Waals surface area contributed by atoms with Crippen LogP contribution in [0.4, 0.5) is 4.39 Å². The Hall–Kier alpha value is -3.64. The zero-order chi connectivity index (χ0) is 23.8. The number of rotatable bonds is 4. The lowest BCUT2D eigenvalue weighted by atomic mass is 10.1. The summed E-state index contributed by atoms with van der Waals surface area (Å²) in [7, 11) is -3.61. The number of thioether (sulfide) groups is 1. The summed E-state index contributed by atoms with van der Waals surface area (Å²) in [6.07, 6.45) is 1.41. The smallest absolute Gasteiger partial charge is 0.343 e. The first-order valence-electron chi connectivity index (χ1n) is 9.49. The maximum atomic E-state index is 13.0. The van der Waals surface area contributed by atoms with Crippen LogP contribution < -0.4 is 4.74 Å². The molecular weight excluding hydrogens is 471 g/mol. The first-order valence-corrected chi connectivity index (χ1v) is 12.0. The molecule has 2 aromatic carbocycles. The Kier molecular flexibility index (Phi) is 5.95. The zero-order valence-corrected chi connectivity index (χ0v) is 18.6. The number of benzene rings is 2. The van der Waals surface area contributed by atoms with Gasteiger partial charge in [0.15, 0.2) is 5.84 Å². The Labute approximate surface area is 192 Å². The fraction of sp³-hybridized carbons (Fsp3) is 0.0952. The lowest BCUT2D eigenvalue weighted by Gasteiger charge is -2.20. The largest absolute Gasteiger partial charge is 0.423 e. The fourth-order valence-electron chi connectivity index (χ4n) is 2.77. The number of ether oxygens (including phenoxy) is 1. The number of carbonyl (C=O) groups excluding carboxylic acids is 2. The maximum absolute atomic E-state index is 13.0. The van der Waals surface area contributed by atoms with Crippen molar-refractivity contribution in [2.24, 2.45) is 10.1 Å². The van der Waals surface area contributed by atoms with Gasteiger partial charge < -0.3 is 4.74 Å². The van der Waals surface area contributed by atoms with E-state index in [1.807, 2.05) is 0 Å². The molecule has 2 aromatic rings. The van der Waals surface area contributed by atoms with Gasteiger partial charge in [0, 0.05) is 0 Å². The van der Waals surface area contributed by atoms with Crippen molar-refractivity contribution in [1.82, 2.24) is 5.01 Å². The van der Waals surface area contributed by atoms with Gasteiger partial charge in [0.2, 0.25) is 19.4 Å². The van der Waals surface area contributed by atoms with E-state index in [0.29, 0.717) is 5.56 Å². The molecule has 9 nitrogen and oxygen atoms in total. The number of nitrogens with zero attached hydrogens (tertiary/aromatic N) is 3. The molecular formula is C21H15FN4O5S2. The minimum atomic E-state index is -3.61. The second kappa shape index (κ2) is 8.71. The molecule has 0 fully saturated rings. The molecule has 2 heterocycles. The number of halogens is 1. The van der Waals surface area contributed by atoms with E-state index in [2.05, 4.69) is 10.1 Å². The number of amides is 1. The summed E-state index contributed by atoms with van der Waals surface area (Å²) in [5.74, 6) is -2.06. The summed E-state index contributed by atoms with van der Waals surface area (Å²) in [5, 5.41) is 13.3. The Morgan fingerprint density at radius 2 is 1.85 bits per heavy atom. The van der Waals surface area contributed by atoms with Crippen LogP contribution in [0.25, 0.3) is 6.08 Å². The molecule has 0 bridgehead atoms. The predicted octanol–water partition coefficient (Wildman–Crippen LogP) is 3.06. The molecule has 0 saturated carbocycles. The van der Waals surface area contributed by atoms with Crippen molar-refractivity contribution >= 4 is 54.9 Å². The number of sulfone groups is 1. The van der Waals surface area contributed by atoms with Crippen LogP contribution in [0, 0.1) is 11.2 Å². The minimum Gasteiger partial charge on any atom is -0.423 e. The molecule has 0 aromatic heterocycles. The molecule has 4 rings (SSSR count). The third kappa shape index (κ3) is 4.61. The average Bonchev–Trinajstić information content (AvgIpc) is 3.23. The van der Waals surface area contributed by atoms with Gasteiger partial charge in [-0.25, -0.2) is 17.6 Å². The number of hydrogen-bond donors (Lipinski definition) is 1. The van der Waals surface area contributed by atoms with Crippen molar-refractivity contribution in [3.05, 3.63) is 71.0 Å². The van der Waals surface area contributed by atoms with E-state index in [0.717, 1.165) is 28.9 Å². The van der Waals surface area contributed by atoms with Gasteiger partial charge in [0.05, 0.1) is 16.9 Å². The van der Waals surface area contributed by atoms with E-state index in [1.54, 1.807) is 12.1 Å². The Morgan fingerprint density at radius 1 is 1.18 bits per heavy atom. The molecule has 168 valence electrons. The zero-order valence-electron chi connectivity index (χ0n) is 17.0. The molecule has 12 heteroatoms. The fourth-order valence-corrected chi connectivity index (χ4v) is 4.94. The Morgan fingerprint density at radius 3 is 2.48 bits per heavy atom. The normalized spacial score (nSPS) is 17.0. The second-order valence-electron chi connectivity index (χ2n) is 6.75. The number of amidine groups is 2. The second-order valence-corrected chi connectivity index (χ2v) is 10.2. The molecule has 2 aliphatic heterocycles. The van der Waals surface area contributed by atoms with Crippen molar-refractivity contribution in [3.8, 4) is 5.75 Å². The van der Waals surface area contributed by atoms with Crippen molar-refractivity contribution in [2.75, 3.05) is 5.75 Å². The highest BCUT2D eigenvalue weighted by Gasteiger charge is 2.39. The predicted molar refractivity (Wildman–Crippen MR) is 122 cm³/mol. The van der Waals surface area contributed by atoms with Crippen molar-refractivity contribution < 1.29 is 27.1 Å². The van der Waals surface area contributed by atoms with E-state index >= 15 is 0 Å². The van der Waals surface area contributed by atoms with Crippen LogP contribution in [0.1, 0.15) is 22.8 Å². The SMILES string of the molecule is CCS(=O)(=O)C1=NN2C(=N)/C(=C/c3ccc(OC(=O)c4ccc(F)cc4)cc3)C(=O)N=C2S1. The molecule has 0 saturated heterocycles. The number of aliphatic imine (C=N–C) groups is 1. The lowest BCUT2D eigenvalue weighted by Crippen LogP contribution is -2.35. The molecule has 1 amide bonds. The van der Waals surface area contributed by atoms with Crippen molar-refractivity contribution in [1.29, 1.82) is 5.41 Å². The molecule has 0 aliphatic carbocycles. The minimum absolute atomic E-state index is 0.0113. The lowest BCUT2D eigenvalue weighted by molar-refractivity contribution is -0.114. The first kappa shape index (κ1) is 22.6. The van der Waals surface area contributed by atoms with E-state index in [9.17, 15) is 22.4 Å². The number of esters is 1. The van der Waals surface area contributed by atoms with Gasteiger partial charge in [0.1, 0.15) is 11.6 Å². The van der Waals surface area contributed by atoms with E-state index in [1.165, 1.54) is 37.3 Å². The van der Waals surface area contributed by atoms with Crippen LogP contribution in [0.3, 0.4) is 0 Å². The first-order chi connectivity index (χ1) is 15.7. The summed E-state index contributed by atoms with van der Waals surface area (Å²) in [6.45, 7) is 1.47. The van der Waals surface area contributed by atoms with E-state index < -0.39 is 27.5 Å². The van der Waals surface area contributed by atoms with Crippen LogP contribution in [0.15, 0.2) is 64.2 Å². The highest BCUT2D eigenvalue weighted by atomic mass is 32.3. The summed E-state index contributed by atoms with van der Waals surface area (Å²) in [5.41, 5.74) is 0.626. The topological polar surface area (TPSA) is 129 Å². The van der Waals surface area contributed by atoms with Crippen molar-refractivity contribution in [3.63, 3.8) is 0 Å². The molecule has 1 N–H and O–H groups in total. The molecule has 0 atom stereocenters. The monoisotopic (exact) mass is 486 g/mol. The van der Waals surface area contributed by atoms with Gasteiger partial charge in [-0.05, 0) is 59.8 Å². The summed E-state index contributed by atoms with van der Waals surface area (Å²) >= 11 is 0.728. The van der Waals surface area contributed by atoms with Crippen molar-refractivity contribution in [2.45, 2.75) is 6.92 Å². The quantitative estimate of drug-likeness (QED) is 0.399. The number of fused-ring (bicyclic) bond motifs is 1. The standard InChI is InChI=1S/C21H15FN4O5S2/c1-2-33(29,30)21-25-26-17(23)16(18(27)24-20(26)32-21)11-12-3-9-15(10-4-12)31-19(28)13-5-7-14(22)8-6-13/h3-11,23H,2H2,1H3/b16-11-,23-17?. The molecule has 0 spiro atoms. The van der Waals surface area contributed by atoms with Gasteiger partial charge in [-0.15, -0.1) is 5.10 Å². The summed E-state index contributed by atoms with van der Waals surface area (Å²) in [6, 6.07) is 11.0. The maximum Gasteiger partial charge on any atom is 0.343 e. The molecule has 33 heavy (non-hydrogen) atoms. The van der Waals surface area contributed by atoms with Gasteiger partial charge in [-0.2, -0.15) is 10.0 Å². The highest BCUT2D eigenvalue weighted by molar-refractivity contribution is 8.42. The van der Waals surface area contributed by atoms with Gasteiger partial charge >= 0.3 is 5.97 Å². The third-order valence-corrected chi connectivity index (χ3v) is 7.65. The van der Waals surface area contributed by atoms with E-state index in [4.69, 9.17) is 10.1 Å². The summed E-state index contributed by atoms with van der Waals surface area (Å²) in [4.78, 5) is 28.4. The van der Waals surface area contributed by atoms with Crippen LogP contribution in [-0.4, -0.2) is 46.4 Å². The molecule has 0 unspecified atom stereocenters. The van der Waals surface area contributed by atoms with Crippen LogP contribution in [0.2, 0.25) is 0 Å².